The summed E-state index contributed by atoms with van der Waals surface area (Å²) in [5.41, 5.74) is 2.37. The zero-order valence-corrected chi connectivity index (χ0v) is 13.0. The van der Waals surface area contributed by atoms with E-state index < -0.39 is 0 Å². The molecule has 2 aromatic rings. The van der Waals surface area contributed by atoms with Crippen molar-refractivity contribution in [3.8, 4) is 0 Å². The van der Waals surface area contributed by atoms with E-state index in [0.29, 0.717) is 13.0 Å². The monoisotopic (exact) mass is 300 g/mol. The molecule has 0 bridgehead atoms. The van der Waals surface area contributed by atoms with E-state index in [1.807, 2.05) is 12.1 Å². The van der Waals surface area contributed by atoms with Crippen LogP contribution in [0.2, 0.25) is 0 Å². The van der Waals surface area contributed by atoms with Crippen molar-refractivity contribution in [3.63, 3.8) is 0 Å². The Morgan fingerprint density at radius 3 is 2.76 bits per heavy atom. The van der Waals surface area contributed by atoms with Crippen molar-refractivity contribution < 1.29 is 4.79 Å². The minimum Gasteiger partial charge on any atom is -0.355 e. The first-order valence-electron chi connectivity index (χ1n) is 7.09. The molecule has 0 atom stereocenters. The lowest BCUT2D eigenvalue weighted by Gasteiger charge is -2.05. The van der Waals surface area contributed by atoms with Crippen molar-refractivity contribution in [3.05, 3.63) is 59.9 Å². The van der Waals surface area contributed by atoms with Crippen LogP contribution in [0.1, 0.15) is 17.5 Å². The van der Waals surface area contributed by atoms with E-state index in [9.17, 15) is 4.79 Å². The number of amides is 1. The number of pyridine rings is 1. The van der Waals surface area contributed by atoms with Crippen molar-refractivity contribution in [1.29, 1.82) is 0 Å². The first-order chi connectivity index (χ1) is 10.2. The van der Waals surface area contributed by atoms with Crippen LogP contribution in [-0.4, -0.2) is 23.2 Å². The van der Waals surface area contributed by atoms with Gasteiger partial charge in [0.15, 0.2) is 0 Å². The molecule has 0 saturated carbocycles. The molecule has 1 N–H and O–H groups in total. The van der Waals surface area contributed by atoms with Crippen molar-refractivity contribution in [2.75, 3.05) is 12.3 Å². The van der Waals surface area contributed by atoms with Gasteiger partial charge in [0.2, 0.25) is 5.91 Å². The lowest BCUT2D eigenvalue weighted by atomic mass is 10.1. The van der Waals surface area contributed by atoms with Crippen LogP contribution in [0.15, 0.2) is 53.7 Å². The van der Waals surface area contributed by atoms with Gasteiger partial charge in [-0.3, -0.25) is 9.78 Å². The lowest BCUT2D eigenvalue weighted by Crippen LogP contribution is -2.25. The molecule has 1 aromatic carbocycles. The summed E-state index contributed by atoms with van der Waals surface area (Å²) in [5, 5.41) is 2.95. The van der Waals surface area contributed by atoms with Crippen LogP contribution in [0.5, 0.6) is 0 Å². The summed E-state index contributed by atoms with van der Waals surface area (Å²) in [7, 11) is 0. The highest BCUT2D eigenvalue weighted by Gasteiger charge is 2.02. The molecule has 0 spiro atoms. The molecule has 0 aliphatic carbocycles. The second-order valence-electron chi connectivity index (χ2n) is 4.87. The van der Waals surface area contributed by atoms with Crippen LogP contribution >= 0.6 is 11.8 Å². The van der Waals surface area contributed by atoms with Gasteiger partial charge in [-0.1, -0.05) is 23.8 Å². The number of hydrogen-bond acceptors (Lipinski definition) is 3. The number of aromatic nitrogens is 1. The molecule has 0 unspecified atom stereocenters. The van der Waals surface area contributed by atoms with Crippen molar-refractivity contribution in [1.82, 2.24) is 10.3 Å². The highest BCUT2D eigenvalue weighted by molar-refractivity contribution is 7.99. The summed E-state index contributed by atoms with van der Waals surface area (Å²) in [6.45, 7) is 2.78. The molecule has 4 heteroatoms. The van der Waals surface area contributed by atoms with Gasteiger partial charge in [-0.25, -0.2) is 0 Å². The average molecular weight is 300 g/mol. The lowest BCUT2D eigenvalue weighted by molar-refractivity contribution is -0.120. The Balaban J connectivity index is 1.60. The molecule has 1 aromatic heterocycles. The first-order valence-corrected chi connectivity index (χ1v) is 8.07. The molecule has 0 fully saturated rings. The number of aryl methyl sites for hydroxylation is 2. The number of carbonyl (C=O) groups excluding carboxylic acids is 1. The van der Waals surface area contributed by atoms with Crippen LogP contribution < -0.4 is 5.32 Å². The maximum Gasteiger partial charge on any atom is 0.220 e. The van der Waals surface area contributed by atoms with Crippen LogP contribution in [0.25, 0.3) is 0 Å². The summed E-state index contributed by atoms with van der Waals surface area (Å²) < 4.78 is 0. The minimum atomic E-state index is 0.100. The third-order valence-electron chi connectivity index (χ3n) is 3.08. The molecular weight excluding hydrogens is 280 g/mol. The van der Waals surface area contributed by atoms with Crippen LogP contribution in [0.4, 0.5) is 0 Å². The molecule has 2 rings (SSSR count). The van der Waals surface area contributed by atoms with Crippen molar-refractivity contribution >= 4 is 17.7 Å². The second kappa shape index (κ2) is 8.47. The van der Waals surface area contributed by atoms with Gasteiger partial charge in [0, 0.05) is 36.0 Å². The zero-order chi connectivity index (χ0) is 14.9. The van der Waals surface area contributed by atoms with Gasteiger partial charge in [0.25, 0.3) is 0 Å². The molecule has 0 aliphatic rings. The van der Waals surface area contributed by atoms with Crippen LogP contribution in [0, 0.1) is 6.92 Å². The number of nitrogens with one attached hydrogen (secondary N) is 1. The SMILES string of the molecule is Cc1ccc(SCCNC(=O)CCc2cccnc2)cc1. The van der Waals surface area contributed by atoms with Gasteiger partial charge in [0.05, 0.1) is 0 Å². The number of hydrogen-bond donors (Lipinski definition) is 1. The fraction of sp³-hybridized carbons (Fsp3) is 0.294. The van der Waals surface area contributed by atoms with Gasteiger partial charge in [-0.2, -0.15) is 0 Å². The second-order valence-corrected chi connectivity index (χ2v) is 6.04. The van der Waals surface area contributed by atoms with Gasteiger partial charge >= 0.3 is 0 Å². The number of thioether (sulfide) groups is 1. The molecule has 1 heterocycles. The van der Waals surface area contributed by atoms with E-state index in [1.165, 1.54) is 10.5 Å². The maximum atomic E-state index is 11.7. The van der Waals surface area contributed by atoms with Gasteiger partial charge in [-0.05, 0) is 37.1 Å². The number of benzene rings is 1. The Kier molecular flexibility index (Phi) is 6.28. The van der Waals surface area contributed by atoms with Crippen molar-refractivity contribution in [2.45, 2.75) is 24.7 Å². The molecular formula is C17H20N2OS. The summed E-state index contributed by atoms with van der Waals surface area (Å²) in [6, 6.07) is 12.3. The predicted octanol–water partition coefficient (Wildman–Crippen LogP) is 3.23. The van der Waals surface area contributed by atoms with E-state index in [0.717, 1.165) is 17.7 Å². The van der Waals surface area contributed by atoms with E-state index in [4.69, 9.17) is 0 Å². The topological polar surface area (TPSA) is 42.0 Å². The quantitative estimate of drug-likeness (QED) is 0.630. The molecule has 1 amide bonds. The third kappa shape index (κ3) is 6.00. The smallest absolute Gasteiger partial charge is 0.220 e. The Labute approximate surface area is 130 Å². The van der Waals surface area contributed by atoms with E-state index in [-0.39, 0.29) is 5.91 Å². The number of carbonyl (C=O) groups is 1. The summed E-state index contributed by atoms with van der Waals surface area (Å²) in [5.74, 6) is 0.991. The number of rotatable bonds is 7. The Morgan fingerprint density at radius 1 is 1.24 bits per heavy atom. The highest BCUT2D eigenvalue weighted by atomic mass is 32.2. The third-order valence-corrected chi connectivity index (χ3v) is 4.09. The van der Waals surface area contributed by atoms with E-state index in [1.54, 1.807) is 24.2 Å². The molecule has 21 heavy (non-hydrogen) atoms. The Hall–Kier alpha value is -1.81. The molecule has 0 radical (unpaired) electrons. The fourth-order valence-corrected chi connectivity index (χ4v) is 2.65. The molecule has 0 aliphatic heterocycles. The predicted molar refractivity (Wildman–Crippen MR) is 87.5 cm³/mol. The summed E-state index contributed by atoms with van der Waals surface area (Å²) in [4.78, 5) is 17.0. The van der Waals surface area contributed by atoms with Gasteiger partial charge in [-0.15, -0.1) is 11.8 Å². The maximum absolute atomic E-state index is 11.7. The Morgan fingerprint density at radius 2 is 2.05 bits per heavy atom. The van der Waals surface area contributed by atoms with Crippen LogP contribution in [0.3, 0.4) is 0 Å². The molecule has 110 valence electrons. The minimum absolute atomic E-state index is 0.100. The fourth-order valence-electron chi connectivity index (χ4n) is 1.89. The zero-order valence-electron chi connectivity index (χ0n) is 12.2. The summed E-state index contributed by atoms with van der Waals surface area (Å²) in [6.07, 6.45) is 4.80. The van der Waals surface area contributed by atoms with Crippen LogP contribution in [-0.2, 0) is 11.2 Å². The largest absolute Gasteiger partial charge is 0.355 e. The average Bonchev–Trinajstić information content (AvgIpc) is 2.52. The summed E-state index contributed by atoms with van der Waals surface area (Å²) >= 11 is 1.76. The number of nitrogens with zero attached hydrogens (tertiary/aromatic N) is 1. The first kappa shape index (κ1) is 15.6. The van der Waals surface area contributed by atoms with Gasteiger partial charge in [0.1, 0.15) is 0 Å². The molecule has 0 saturated heterocycles. The van der Waals surface area contributed by atoms with Gasteiger partial charge < -0.3 is 5.32 Å². The standard InChI is InChI=1S/C17H20N2OS/c1-14-4-7-16(8-5-14)21-12-11-19-17(20)9-6-15-3-2-10-18-13-15/h2-5,7-8,10,13H,6,9,11-12H2,1H3,(H,19,20). The Bertz CT molecular complexity index is 555. The normalized spacial score (nSPS) is 10.3. The highest BCUT2D eigenvalue weighted by Crippen LogP contribution is 2.17. The molecule has 3 nitrogen and oxygen atoms in total. The van der Waals surface area contributed by atoms with Crippen molar-refractivity contribution in [2.24, 2.45) is 0 Å². The van der Waals surface area contributed by atoms with E-state index >= 15 is 0 Å². The van der Waals surface area contributed by atoms with E-state index in [2.05, 4.69) is 41.5 Å².